The third-order valence-corrected chi connectivity index (χ3v) is 2.74. The van der Waals surface area contributed by atoms with Gasteiger partial charge in [0, 0.05) is 30.7 Å². The topological polar surface area (TPSA) is 53.1 Å². The van der Waals surface area contributed by atoms with Gasteiger partial charge in [-0.2, -0.15) is 5.10 Å². The number of hydrogen-bond donors (Lipinski definition) is 1. The van der Waals surface area contributed by atoms with Crippen molar-refractivity contribution < 1.29 is 4.74 Å². The summed E-state index contributed by atoms with van der Waals surface area (Å²) in [6.07, 6.45) is 2.60. The van der Waals surface area contributed by atoms with Gasteiger partial charge < -0.3 is 10.5 Å². The largest absolute Gasteiger partial charge is 0.492 e. The van der Waals surface area contributed by atoms with E-state index in [0.29, 0.717) is 18.1 Å². The van der Waals surface area contributed by atoms with Gasteiger partial charge in [0.1, 0.15) is 12.4 Å². The van der Waals surface area contributed by atoms with E-state index in [1.807, 2.05) is 37.5 Å². The number of rotatable bonds is 5. The third kappa shape index (κ3) is 3.75. The molecule has 1 aromatic carbocycles. The quantitative estimate of drug-likeness (QED) is 0.900. The fourth-order valence-electron chi connectivity index (χ4n) is 1.66. The minimum Gasteiger partial charge on any atom is -0.492 e. The Labute approximate surface area is 111 Å². The van der Waals surface area contributed by atoms with E-state index >= 15 is 0 Å². The van der Waals surface area contributed by atoms with Gasteiger partial charge in [0.15, 0.2) is 0 Å². The zero-order valence-electron chi connectivity index (χ0n) is 10.2. The van der Waals surface area contributed by atoms with Crippen LogP contribution in [-0.2, 0) is 13.5 Å². The van der Waals surface area contributed by atoms with Crippen LogP contribution < -0.4 is 10.5 Å². The number of benzene rings is 1. The number of aryl methyl sites for hydroxylation is 1. The molecule has 4 nitrogen and oxygen atoms in total. The van der Waals surface area contributed by atoms with Gasteiger partial charge in [0.2, 0.25) is 0 Å². The average Bonchev–Trinajstić information content (AvgIpc) is 2.72. The minimum absolute atomic E-state index is 0.0844. The van der Waals surface area contributed by atoms with Gasteiger partial charge in [0.05, 0.1) is 5.69 Å². The molecule has 0 aliphatic rings. The van der Waals surface area contributed by atoms with Crippen LogP contribution in [0.25, 0.3) is 0 Å². The van der Waals surface area contributed by atoms with Crippen LogP contribution in [0.1, 0.15) is 5.69 Å². The fourth-order valence-corrected chi connectivity index (χ4v) is 1.84. The molecule has 1 aromatic heterocycles. The zero-order chi connectivity index (χ0) is 13.0. The zero-order valence-corrected chi connectivity index (χ0v) is 11.0. The molecule has 18 heavy (non-hydrogen) atoms. The second-order valence-electron chi connectivity index (χ2n) is 4.21. The van der Waals surface area contributed by atoms with Gasteiger partial charge in [0.25, 0.3) is 0 Å². The molecule has 1 atom stereocenters. The second-order valence-corrected chi connectivity index (χ2v) is 4.65. The van der Waals surface area contributed by atoms with Crippen LogP contribution in [0.4, 0.5) is 0 Å². The number of ether oxygens (including phenoxy) is 1. The van der Waals surface area contributed by atoms with Gasteiger partial charge >= 0.3 is 0 Å². The number of halogens is 1. The maximum Gasteiger partial charge on any atom is 0.120 e. The van der Waals surface area contributed by atoms with E-state index < -0.39 is 0 Å². The first-order valence-corrected chi connectivity index (χ1v) is 6.14. The van der Waals surface area contributed by atoms with Gasteiger partial charge in [-0.3, -0.25) is 4.68 Å². The molecule has 2 aromatic rings. The summed E-state index contributed by atoms with van der Waals surface area (Å²) in [6.45, 7) is 0.441. The van der Waals surface area contributed by atoms with E-state index in [1.165, 1.54) is 0 Å². The molecular formula is C13H16ClN3O. The predicted molar refractivity (Wildman–Crippen MR) is 71.8 cm³/mol. The molecule has 1 unspecified atom stereocenters. The highest BCUT2D eigenvalue weighted by atomic mass is 35.5. The molecule has 96 valence electrons. The summed E-state index contributed by atoms with van der Waals surface area (Å²) in [7, 11) is 1.89. The Balaban J connectivity index is 1.83. The predicted octanol–water partition coefficient (Wildman–Crippen LogP) is 2.02. The summed E-state index contributed by atoms with van der Waals surface area (Å²) in [6, 6.07) is 9.16. The lowest BCUT2D eigenvalue weighted by atomic mass is 10.2. The van der Waals surface area contributed by atoms with E-state index in [4.69, 9.17) is 22.1 Å². The van der Waals surface area contributed by atoms with Crippen LogP contribution in [-0.4, -0.2) is 22.4 Å². The van der Waals surface area contributed by atoms with Crippen molar-refractivity contribution in [3.8, 4) is 5.75 Å². The van der Waals surface area contributed by atoms with Gasteiger partial charge in [-0.05, 0) is 24.3 Å². The molecule has 2 N–H and O–H groups in total. The van der Waals surface area contributed by atoms with Gasteiger partial charge in [-0.25, -0.2) is 0 Å². The summed E-state index contributed by atoms with van der Waals surface area (Å²) in [5.41, 5.74) is 6.97. The molecule has 0 aliphatic carbocycles. The van der Waals surface area contributed by atoms with Gasteiger partial charge in [-0.15, -0.1) is 0 Å². The molecular weight excluding hydrogens is 250 g/mol. The maximum atomic E-state index is 5.99. The lowest BCUT2D eigenvalue weighted by molar-refractivity contribution is 0.287. The van der Waals surface area contributed by atoms with Crippen LogP contribution in [0.2, 0.25) is 5.02 Å². The van der Waals surface area contributed by atoms with E-state index in [9.17, 15) is 0 Å². The van der Waals surface area contributed by atoms with Gasteiger partial charge in [-0.1, -0.05) is 17.7 Å². The van der Waals surface area contributed by atoms with Crippen molar-refractivity contribution in [1.82, 2.24) is 9.78 Å². The summed E-state index contributed by atoms with van der Waals surface area (Å²) in [5.74, 6) is 0.735. The first-order chi connectivity index (χ1) is 8.63. The number of nitrogens with two attached hydrogens (primary N) is 1. The van der Waals surface area contributed by atoms with Crippen molar-refractivity contribution >= 4 is 11.6 Å². The van der Waals surface area contributed by atoms with Crippen LogP contribution in [0, 0.1) is 0 Å². The van der Waals surface area contributed by atoms with Crippen molar-refractivity contribution in [2.45, 2.75) is 12.5 Å². The van der Waals surface area contributed by atoms with Crippen LogP contribution in [0.5, 0.6) is 5.75 Å². The minimum atomic E-state index is -0.0844. The molecule has 0 spiro atoms. The van der Waals surface area contributed by atoms with E-state index in [0.717, 1.165) is 11.4 Å². The highest BCUT2D eigenvalue weighted by molar-refractivity contribution is 6.30. The Morgan fingerprint density at radius 1 is 1.44 bits per heavy atom. The highest BCUT2D eigenvalue weighted by Crippen LogP contribution is 2.17. The third-order valence-electron chi connectivity index (χ3n) is 2.50. The summed E-state index contributed by atoms with van der Waals surface area (Å²) in [5, 5.41) is 4.94. The first kappa shape index (κ1) is 12.9. The highest BCUT2D eigenvalue weighted by Gasteiger charge is 2.07. The normalized spacial score (nSPS) is 12.4. The lowest BCUT2D eigenvalue weighted by Gasteiger charge is -2.12. The van der Waals surface area contributed by atoms with Crippen LogP contribution in [0.3, 0.4) is 0 Å². The van der Waals surface area contributed by atoms with Crippen molar-refractivity contribution in [2.75, 3.05) is 6.61 Å². The van der Waals surface area contributed by atoms with Crippen LogP contribution >= 0.6 is 11.6 Å². The number of hydrogen-bond acceptors (Lipinski definition) is 3. The monoisotopic (exact) mass is 265 g/mol. The number of aromatic nitrogens is 2. The van der Waals surface area contributed by atoms with E-state index in [-0.39, 0.29) is 6.04 Å². The molecule has 0 radical (unpaired) electrons. The van der Waals surface area contributed by atoms with Crippen molar-refractivity contribution in [3.63, 3.8) is 0 Å². The maximum absolute atomic E-state index is 5.99. The van der Waals surface area contributed by atoms with E-state index in [1.54, 1.807) is 10.7 Å². The molecule has 0 aliphatic heterocycles. The Morgan fingerprint density at radius 3 is 2.94 bits per heavy atom. The average molecular weight is 266 g/mol. The first-order valence-electron chi connectivity index (χ1n) is 5.76. The van der Waals surface area contributed by atoms with E-state index in [2.05, 4.69) is 5.10 Å². The van der Waals surface area contributed by atoms with Crippen LogP contribution in [0.15, 0.2) is 36.5 Å². The molecule has 0 saturated heterocycles. The fraction of sp³-hybridized carbons (Fsp3) is 0.308. The van der Waals surface area contributed by atoms with Crippen molar-refractivity contribution in [2.24, 2.45) is 12.8 Å². The summed E-state index contributed by atoms with van der Waals surface area (Å²) >= 11 is 5.87. The number of nitrogens with zero attached hydrogens (tertiary/aromatic N) is 2. The Bertz CT molecular complexity index is 512. The summed E-state index contributed by atoms with van der Waals surface area (Å²) in [4.78, 5) is 0. The second kappa shape index (κ2) is 5.89. The Morgan fingerprint density at radius 2 is 2.28 bits per heavy atom. The lowest BCUT2D eigenvalue weighted by Crippen LogP contribution is -2.30. The molecule has 0 amide bonds. The molecule has 1 heterocycles. The molecule has 2 rings (SSSR count). The Hall–Kier alpha value is -1.52. The van der Waals surface area contributed by atoms with Crippen molar-refractivity contribution in [3.05, 3.63) is 47.2 Å². The Kier molecular flexibility index (Phi) is 4.23. The molecule has 0 bridgehead atoms. The molecule has 0 saturated carbocycles. The molecule has 0 fully saturated rings. The standard InChI is InChI=1S/C13H16ClN3O/c1-17-6-5-12(16-17)8-11(15)9-18-13-4-2-3-10(14)7-13/h2-7,11H,8-9,15H2,1H3. The SMILES string of the molecule is Cn1ccc(CC(N)COc2cccc(Cl)c2)n1. The summed E-state index contributed by atoms with van der Waals surface area (Å²) < 4.78 is 7.35. The molecule has 5 heteroatoms. The smallest absolute Gasteiger partial charge is 0.120 e. The van der Waals surface area contributed by atoms with Crippen molar-refractivity contribution in [1.29, 1.82) is 0 Å².